The van der Waals surface area contributed by atoms with Crippen LogP contribution in [0.5, 0.6) is 5.75 Å². The molecule has 0 saturated carbocycles. The number of rotatable bonds is 12. The minimum atomic E-state index is -0.733. The first-order valence-corrected chi connectivity index (χ1v) is 12.6. The van der Waals surface area contributed by atoms with Crippen LogP contribution in [-0.2, 0) is 6.42 Å². The summed E-state index contributed by atoms with van der Waals surface area (Å²) in [6.45, 7) is 8.16. The van der Waals surface area contributed by atoms with Crippen molar-refractivity contribution in [3.05, 3.63) is 63.3 Å². The third-order valence-corrected chi connectivity index (χ3v) is 6.44. The normalized spacial score (nSPS) is 12.2. The standard InChI is InChI=1S/C26H30BrFN4O3/c1-4-7-8-22-24(32-14-19(28)9-10-23(32)30-22)25(34)17-11-18(13-29)26(21(27)12-17)35-16-20(33)15-31(5-2)6-3/h9-12,14,20,33H,4-8,15-16H2,1-3H3. The van der Waals surface area contributed by atoms with Crippen LogP contribution in [0.4, 0.5) is 4.39 Å². The van der Waals surface area contributed by atoms with Gasteiger partial charge in [-0.1, -0.05) is 27.2 Å². The summed E-state index contributed by atoms with van der Waals surface area (Å²) in [7, 11) is 0. The van der Waals surface area contributed by atoms with Crippen LogP contribution in [0.15, 0.2) is 34.9 Å². The number of ketones is 1. The Morgan fingerprint density at radius 1 is 1.31 bits per heavy atom. The van der Waals surface area contributed by atoms with Gasteiger partial charge >= 0.3 is 0 Å². The molecule has 186 valence electrons. The summed E-state index contributed by atoms with van der Waals surface area (Å²) in [5, 5.41) is 20.1. The van der Waals surface area contributed by atoms with Gasteiger partial charge in [0.15, 0.2) is 5.75 Å². The van der Waals surface area contributed by atoms with E-state index in [2.05, 4.69) is 31.9 Å². The highest BCUT2D eigenvalue weighted by Gasteiger charge is 2.23. The van der Waals surface area contributed by atoms with E-state index in [-0.39, 0.29) is 35.0 Å². The van der Waals surface area contributed by atoms with Gasteiger partial charge in [0, 0.05) is 18.3 Å². The zero-order valence-electron chi connectivity index (χ0n) is 20.2. The summed E-state index contributed by atoms with van der Waals surface area (Å²) in [6, 6.07) is 7.97. The van der Waals surface area contributed by atoms with Gasteiger partial charge in [-0.15, -0.1) is 0 Å². The lowest BCUT2D eigenvalue weighted by atomic mass is 10.0. The molecule has 1 atom stereocenters. The third kappa shape index (κ3) is 6.26. The second-order valence-corrected chi connectivity index (χ2v) is 9.17. The number of nitriles is 1. The molecule has 7 nitrogen and oxygen atoms in total. The van der Waals surface area contributed by atoms with Crippen LogP contribution in [0.2, 0.25) is 0 Å². The number of carbonyl (C=O) groups excluding carboxylic acids is 1. The number of carbonyl (C=O) groups is 1. The van der Waals surface area contributed by atoms with E-state index in [1.54, 1.807) is 12.1 Å². The molecule has 3 rings (SSSR count). The lowest BCUT2D eigenvalue weighted by molar-refractivity contribution is 0.0712. The Morgan fingerprint density at radius 3 is 2.71 bits per heavy atom. The van der Waals surface area contributed by atoms with E-state index >= 15 is 0 Å². The molecule has 0 radical (unpaired) electrons. The number of hydrogen-bond acceptors (Lipinski definition) is 6. The number of aromatic nitrogens is 2. The maximum absolute atomic E-state index is 14.0. The summed E-state index contributed by atoms with van der Waals surface area (Å²) < 4.78 is 21.7. The number of aryl methyl sites for hydroxylation is 1. The first kappa shape index (κ1) is 26.8. The molecule has 2 aromatic heterocycles. The highest BCUT2D eigenvalue weighted by Crippen LogP contribution is 2.32. The molecule has 0 bridgehead atoms. The number of ether oxygens (including phenoxy) is 1. The molecule has 1 aromatic carbocycles. The third-order valence-electron chi connectivity index (χ3n) is 5.85. The molecule has 2 heterocycles. The van der Waals surface area contributed by atoms with Crippen molar-refractivity contribution in [2.45, 2.75) is 46.1 Å². The van der Waals surface area contributed by atoms with Gasteiger partial charge in [0.1, 0.15) is 35.9 Å². The van der Waals surface area contributed by atoms with E-state index in [9.17, 15) is 19.6 Å². The van der Waals surface area contributed by atoms with Crippen LogP contribution in [0.25, 0.3) is 5.65 Å². The van der Waals surface area contributed by atoms with Crippen molar-refractivity contribution in [3.8, 4) is 11.8 Å². The van der Waals surface area contributed by atoms with Crippen molar-refractivity contribution in [2.75, 3.05) is 26.2 Å². The molecule has 0 aliphatic heterocycles. The number of hydrogen-bond donors (Lipinski definition) is 1. The molecule has 0 fully saturated rings. The monoisotopic (exact) mass is 544 g/mol. The molecular weight excluding hydrogens is 515 g/mol. The van der Waals surface area contributed by atoms with E-state index in [0.29, 0.717) is 28.8 Å². The molecule has 3 aromatic rings. The van der Waals surface area contributed by atoms with Gasteiger partial charge in [-0.3, -0.25) is 9.20 Å². The van der Waals surface area contributed by atoms with Gasteiger partial charge in [0.2, 0.25) is 5.78 Å². The predicted octanol–water partition coefficient (Wildman–Crippen LogP) is 4.76. The van der Waals surface area contributed by atoms with Crippen molar-refractivity contribution in [2.24, 2.45) is 0 Å². The quantitative estimate of drug-likeness (QED) is 0.330. The Balaban J connectivity index is 1.93. The van der Waals surface area contributed by atoms with Gasteiger partial charge < -0.3 is 14.7 Å². The number of imidazole rings is 1. The molecule has 0 aliphatic carbocycles. The number of nitrogens with zero attached hydrogens (tertiary/aromatic N) is 4. The maximum atomic E-state index is 14.0. The minimum Gasteiger partial charge on any atom is -0.488 e. The second-order valence-electron chi connectivity index (χ2n) is 8.31. The summed E-state index contributed by atoms with van der Waals surface area (Å²) in [6.07, 6.45) is 2.86. The van der Waals surface area contributed by atoms with Crippen molar-refractivity contribution in [1.82, 2.24) is 14.3 Å². The fourth-order valence-electron chi connectivity index (χ4n) is 3.93. The van der Waals surface area contributed by atoms with Crippen LogP contribution < -0.4 is 4.74 Å². The van der Waals surface area contributed by atoms with Gasteiger partial charge in [0.25, 0.3) is 0 Å². The fourth-order valence-corrected chi connectivity index (χ4v) is 4.50. The summed E-state index contributed by atoms with van der Waals surface area (Å²) in [5.74, 6) is -0.575. The zero-order chi connectivity index (χ0) is 25.5. The van der Waals surface area contributed by atoms with E-state index < -0.39 is 11.9 Å². The highest BCUT2D eigenvalue weighted by atomic mass is 79.9. The first-order valence-electron chi connectivity index (χ1n) is 11.8. The molecule has 0 spiro atoms. The van der Waals surface area contributed by atoms with Crippen LogP contribution in [0.3, 0.4) is 0 Å². The summed E-state index contributed by atoms with van der Waals surface area (Å²) in [5.41, 5.74) is 1.78. The number of benzene rings is 1. The van der Waals surface area contributed by atoms with Gasteiger partial charge in [-0.25, -0.2) is 9.37 Å². The van der Waals surface area contributed by atoms with Crippen molar-refractivity contribution in [3.63, 3.8) is 0 Å². The Kier molecular flexibility index (Phi) is 9.38. The Hall–Kier alpha value is -2.80. The van der Waals surface area contributed by atoms with E-state index in [1.807, 2.05) is 20.8 Å². The minimum absolute atomic E-state index is 0.00474. The zero-order valence-corrected chi connectivity index (χ0v) is 21.8. The van der Waals surface area contributed by atoms with Crippen molar-refractivity contribution < 1.29 is 19.0 Å². The summed E-state index contributed by atoms with van der Waals surface area (Å²) in [4.78, 5) is 20.2. The number of unbranched alkanes of at least 4 members (excludes halogenated alkanes) is 1. The first-order chi connectivity index (χ1) is 16.8. The number of aliphatic hydroxyl groups is 1. The average Bonchev–Trinajstić information content (AvgIpc) is 3.21. The Morgan fingerprint density at radius 2 is 2.06 bits per heavy atom. The highest BCUT2D eigenvalue weighted by molar-refractivity contribution is 9.10. The molecule has 0 saturated heterocycles. The van der Waals surface area contributed by atoms with Crippen LogP contribution in [-0.4, -0.2) is 57.5 Å². The Bertz CT molecular complexity index is 1230. The second kappa shape index (κ2) is 12.2. The molecule has 0 amide bonds. The lowest BCUT2D eigenvalue weighted by Gasteiger charge is -2.22. The molecule has 0 aliphatic rings. The molecule has 9 heteroatoms. The van der Waals surface area contributed by atoms with Gasteiger partial charge in [0.05, 0.1) is 15.7 Å². The SMILES string of the molecule is CCCCc1nc2ccc(F)cn2c1C(=O)c1cc(Br)c(OCC(O)CN(CC)CC)c(C#N)c1. The number of halogens is 2. The van der Waals surface area contributed by atoms with Crippen LogP contribution >= 0.6 is 15.9 Å². The van der Waals surface area contributed by atoms with E-state index in [1.165, 1.54) is 22.7 Å². The largest absolute Gasteiger partial charge is 0.488 e. The van der Waals surface area contributed by atoms with Crippen molar-refractivity contribution >= 4 is 27.4 Å². The van der Waals surface area contributed by atoms with Crippen molar-refractivity contribution in [1.29, 1.82) is 5.26 Å². The fraction of sp³-hybridized carbons (Fsp3) is 0.423. The molecular formula is C26H30BrFN4O3. The predicted molar refractivity (Wildman–Crippen MR) is 135 cm³/mol. The van der Waals surface area contributed by atoms with Gasteiger partial charge in [-0.05, 0) is 66.1 Å². The number of aliphatic hydroxyl groups excluding tert-OH is 1. The maximum Gasteiger partial charge on any atom is 0.211 e. The Labute approximate surface area is 213 Å². The van der Waals surface area contributed by atoms with Crippen LogP contribution in [0, 0.1) is 17.1 Å². The molecule has 35 heavy (non-hydrogen) atoms. The number of likely N-dealkylation sites (N-methyl/N-ethyl adjacent to an activating group) is 1. The van der Waals surface area contributed by atoms with Crippen LogP contribution in [0.1, 0.15) is 60.9 Å². The van der Waals surface area contributed by atoms with E-state index in [4.69, 9.17) is 4.74 Å². The number of fused-ring (bicyclic) bond motifs is 1. The summed E-state index contributed by atoms with van der Waals surface area (Å²) >= 11 is 3.42. The average molecular weight is 545 g/mol. The van der Waals surface area contributed by atoms with Gasteiger partial charge in [-0.2, -0.15) is 5.26 Å². The topological polar surface area (TPSA) is 90.9 Å². The molecule has 1 N–H and O–H groups in total. The molecule has 1 unspecified atom stereocenters. The van der Waals surface area contributed by atoms with E-state index in [0.717, 1.165) is 25.9 Å². The lowest BCUT2D eigenvalue weighted by Crippen LogP contribution is -2.35. The number of pyridine rings is 1. The smallest absolute Gasteiger partial charge is 0.211 e.